The summed E-state index contributed by atoms with van der Waals surface area (Å²) in [5, 5.41) is 14.0. The lowest BCUT2D eigenvalue weighted by Gasteiger charge is -2.29. The number of morpholine rings is 1. The van der Waals surface area contributed by atoms with Crippen LogP contribution in [-0.4, -0.2) is 50.3 Å². The van der Waals surface area contributed by atoms with Crippen molar-refractivity contribution < 1.29 is 23.9 Å². The van der Waals surface area contributed by atoms with Crippen molar-refractivity contribution in [3.05, 3.63) is 52.6 Å². The normalized spacial score (nSPS) is 14.8. The Morgan fingerprint density at radius 1 is 1.21 bits per heavy atom. The Hall–Kier alpha value is -3.33. The van der Waals surface area contributed by atoms with E-state index in [0.717, 1.165) is 18.8 Å². The van der Waals surface area contributed by atoms with Gasteiger partial charge in [-0.25, -0.2) is 0 Å². The molecular formula is C20H23N3O6. The Bertz CT molecular complexity index is 865. The minimum absolute atomic E-state index is 0.00103. The zero-order chi connectivity index (χ0) is 20.8. The predicted octanol–water partition coefficient (Wildman–Crippen LogP) is 2.85. The number of nitro benzene ring substituents is 1. The average molecular weight is 401 g/mol. The highest BCUT2D eigenvalue weighted by Crippen LogP contribution is 2.32. The summed E-state index contributed by atoms with van der Waals surface area (Å²) in [5.74, 6) is -0.0723. The number of methoxy groups -OCH3 is 1. The Labute approximate surface area is 168 Å². The van der Waals surface area contributed by atoms with Crippen LogP contribution >= 0.6 is 0 Å². The van der Waals surface area contributed by atoms with Gasteiger partial charge in [0.2, 0.25) is 0 Å². The van der Waals surface area contributed by atoms with Crippen molar-refractivity contribution in [2.24, 2.45) is 0 Å². The van der Waals surface area contributed by atoms with Crippen LogP contribution in [0.15, 0.2) is 42.5 Å². The van der Waals surface area contributed by atoms with Crippen molar-refractivity contribution in [1.82, 2.24) is 0 Å². The van der Waals surface area contributed by atoms with Crippen LogP contribution in [0.1, 0.15) is 6.92 Å². The summed E-state index contributed by atoms with van der Waals surface area (Å²) in [7, 11) is 1.42. The molecule has 0 aliphatic carbocycles. The summed E-state index contributed by atoms with van der Waals surface area (Å²) in [6.45, 7) is 4.59. The summed E-state index contributed by atoms with van der Waals surface area (Å²) in [5.41, 5.74) is 1.41. The van der Waals surface area contributed by atoms with Gasteiger partial charge in [0.15, 0.2) is 11.9 Å². The van der Waals surface area contributed by atoms with E-state index in [4.69, 9.17) is 14.2 Å². The summed E-state index contributed by atoms with van der Waals surface area (Å²) >= 11 is 0. The lowest BCUT2D eigenvalue weighted by Crippen LogP contribution is -2.36. The number of carbonyl (C=O) groups is 1. The van der Waals surface area contributed by atoms with E-state index in [-0.39, 0.29) is 11.4 Å². The zero-order valence-corrected chi connectivity index (χ0v) is 16.3. The molecule has 2 aromatic rings. The second kappa shape index (κ2) is 9.24. The van der Waals surface area contributed by atoms with Gasteiger partial charge in [-0.1, -0.05) is 0 Å². The third-order valence-electron chi connectivity index (χ3n) is 4.55. The highest BCUT2D eigenvalue weighted by atomic mass is 16.6. The van der Waals surface area contributed by atoms with E-state index in [2.05, 4.69) is 10.2 Å². The molecule has 1 aliphatic heterocycles. The molecule has 0 saturated carbocycles. The molecule has 154 valence electrons. The topological polar surface area (TPSA) is 103 Å². The van der Waals surface area contributed by atoms with E-state index in [0.29, 0.717) is 24.7 Å². The average Bonchev–Trinajstić information content (AvgIpc) is 2.75. The van der Waals surface area contributed by atoms with Gasteiger partial charge in [-0.15, -0.1) is 0 Å². The predicted molar refractivity (Wildman–Crippen MR) is 108 cm³/mol. The van der Waals surface area contributed by atoms with Gasteiger partial charge in [0, 0.05) is 24.5 Å². The monoisotopic (exact) mass is 401 g/mol. The van der Waals surface area contributed by atoms with Crippen LogP contribution < -0.4 is 19.7 Å². The summed E-state index contributed by atoms with van der Waals surface area (Å²) in [6, 6.07) is 11.7. The number of rotatable bonds is 7. The van der Waals surface area contributed by atoms with Gasteiger partial charge in [0.1, 0.15) is 5.75 Å². The first kappa shape index (κ1) is 20.4. The molecule has 1 aliphatic rings. The van der Waals surface area contributed by atoms with E-state index in [9.17, 15) is 14.9 Å². The van der Waals surface area contributed by atoms with Crippen LogP contribution in [-0.2, 0) is 9.53 Å². The smallest absolute Gasteiger partial charge is 0.314 e. The van der Waals surface area contributed by atoms with Crippen molar-refractivity contribution in [3.63, 3.8) is 0 Å². The van der Waals surface area contributed by atoms with Crippen molar-refractivity contribution in [2.75, 3.05) is 43.6 Å². The van der Waals surface area contributed by atoms with Gasteiger partial charge in [0.05, 0.1) is 31.3 Å². The fourth-order valence-corrected chi connectivity index (χ4v) is 2.93. The number of hydrogen-bond donors (Lipinski definition) is 1. The molecule has 9 nitrogen and oxygen atoms in total. The molecule has 1 unspecified atom stereocenters. The molecule has 1 atom stereocenters. The summed E-state index contributed by atoms with van der Waals surface area (Å²) < 4.78 is 15.9. The molecule has 0 aromatic heterocycles. The third-order valence-corrected chi connectivity index (χ3v) is 4.55. The van der Waals surface area contributed by atoms with E-state index < -0.39 is 16.9 Å². The lowest BCUT2D eigenvalue weighted by atomic mass is 10.2. The minimum Gasteiger partial charge on any atom is -0.496 e. The van der Waals surface area contributed by atoms with E-state index in [1.807, 2.05) is 24.3 Å². The van der Waals surface area contributed by atoms with Gasteiger partial charge < -0.3 is 24.4 Å². The van der Waals surface area contributed by atoms with E-state index in [1.165, 1.54) is 32.2 Å². The summed E-state index contributed by atoms with van der Waals surface area (Å²) in [4.78, 5) is 25.3. The number of ether oxygens (including phenoxy) is 3. The molecule has 0 bridgehead atoms. The zero-order valence-electron chi connectivity index (χ0n) is 16.3. The number of hydrogen-bond acceptors (Lipinski definition) is 7. The van der Waals surface area contributed by atoms with Gasteiger partial charge in [-0.05, 0) is 43.3 Å². The van der Waals surface area contributed by atoms with Crippen LogP contribution in [0.25, 0.3) is 0 Å². The first-order chi connectivity index (χ1) is 14.0. The number of amides is 1. The SMILES string of the molecule is COc1ccc(OC(C)C(=O)Nc2ccc(N3CCOCC3)cc2)c([N+](=O)[O-])c1. The molecule has 1 fully saturated rings. The van der Waals surface area contributed by atoms with Crippen LogP contribution in [0.2, 0.25) is 0 Å². The maximum Gasteiger partial charge on any atom is 0.314 e. The molecule has 0 spiro atoms. The highest BCUT2D eigenvalue weighted by molar-refractivity contribution is 5.94. The molecule has 1 saturated heterocycles. The Balaban J connectivity index is 1.63. The Kier molecular flexibility index (Phi) is 6.50. The largest absolute Gasteiger partial charge is 0.496 e. The maximum absolute atomic E-state index is 12.5. The van der Waals surface area contributed by atoms with Crippen molar-refractivity contribution in [2.45, 2.75) is 13.0 Å². The molecule has 2 aromatic carbocycles. The summed E-state index contributed by atoms with van der Waals surface area (Å²) in [6.07, 6.45) is -0.930. The Morgan fingerprint density at radius 2 is 1.90 bits per heavy atom. The van der Waals surface area contributed by atoms with Crippen molar-refractivity contribution in [1.29, 1.82) is 0 Å². The molecule has 3 rings (SSSR count). The first-order valence-corrected chi connectivity index (χ1v) is 9.20. The van der Waals surface area contributed by atoms with Crippen molar-refractivity contribution in [3.8, 4) is 11.5 Å². The molecular weight excluding hydrogens is 378 g/mol. The molecule has 1 N–H and O–H groups in total. The highest BCUT2D eigenvalue weighted by Gasteiger charge is 2.22. The number of nitrogens with zero attached hydrogens (tertiary/aromatic N) is 2. The number of nitrogens with one attached hydrogen (secondary N) is 1. The number of carbonyl (C=O) groups excluding carboxylic acids is 1. The van der Waals surface area contributed by atoms with Gasteiger partial charge in [-0.3, -0.25) is 14.9 Å². The minimum atomic E-state index is -0.930. The standard InChI is InChI=1S/C20H23N3O6/c1-14(29-19-8-7-17(27-2)13-18(19)23(25)26)20(24)21-15-3-5-16(6-4-15)22-9-11-28-12-10-22/h3-8,13-14H,9-12H2,1-2H3,(H,21,24). The van der Waals surface area contributed by atoms with Crippen LogP contribution in [0.3, 0.4) is 0 Å². The quantitative estimate of drug-likeness (QED) is 0.562. The number of anilines is 2. The number of nitro groups is 1. The van der Waals surface area contributed by atoms with Crippen LogP contribution in [0.5, 0.6) is 11.5 Å². The second-order valence-corrected chi connectivity index (χ2v) is 6.49. The molecule has 29 heavy (non-hydrogen) atoms. The van der Waals surface area contributed by atoms with E-state index in [1.54, 1.807) is 0 Å². The first-order valence-electron chi connectivity index (χ1n) is 9.20. The maximum atomic E-state index is 12.5. The Morgan fingerprint density at radius 3 is 2.52 bits per heavy atom. The molecule has 0 radical (unpaired) electrons. The van der Waals surface area contributed by atoms with Gasteiger partial charge in [0.25, 0.3) is 5.91 Å². The molecule has 9 heteroatoms. The fraction of sp³-hybridized carbons (Fsp3) is 0.350. The van der Waals surface area contributed by atoms with Gasteiger partial charge >= 0.3 is 5.69 Å². The van der Waals surface area contributed by atoms with Crippen LogP contribution in [0, 0.1) is 10.1 Å². The second-order valence-electron chi connectivity index (χ2n) is 6.49. The molecule has 1 amide bonds. The van der Waals surface area contributed by atoms with Gasteiger partial charge in [-0.2, -0.15) is 0 Å². The number of benzene rings is 2. The lowest BCUT2D eigenvalue weighted by molar-refractivity contribution is -0.386. The van der Waals surface area contributed by atoms with E-state index >= 15 is 0 Å². The molecule has 1 heterocycles. The fourth-order valence-electron chi connectivity index (χ4n) is 2.93. The van der Waals surface area contributed by atoms with Crippen LogP contribution in [0.4, 0.5) is 17.1 Å². The third kappa shape index (κ3) is 5.14. The van der Waals surface area contributed by atoms with Crippen molar-refractivity contribution >= 4 is 23.0 Å².